The Bertz CT molecular complexity index is 903. The van der Waals surface area contributed by atoms with Gasteiger partial charge in [0.2, 0.25) is 0 Å². The van der Waals surface area contributed by atoms with Gasteiger partial charge in [0.1, 0.15) is 5.82 Å². The number of halogens is 3. The zero-order valence-corrected chi connectivity index (χ0v) is 18.0. The van der Waals surface area contributed by atoms with Gasteiger partial charge in [-0.1, -0.05) is 42.5 Å². The Morgan fingerprint density at radius 3 is 2.36 bits per heavy atom. The van der Waals surface area contributed by atoms with Gasteiger partial charge in [0.25, 0.3) is 0 Å². The maximum atomic E-state index is 14.7. The molecule has 1 aliphatic carbocycles. The van der Waals surface area contributed by atoms with E-state index in [0.717, 1.165) is 12.8 Å². The molecule has 0 saturated heterocycles. The highest BCUT2D eigenvalue weighted by atomic mass is 35.5. The second-order valence-corrected chi connectivity index (χ2v) is 10.3. The van der Waals surface area contributed by atoms with Crippen LogP contribution in [0, 0.1) is 11.7 Å². The molecule has 1 N–H and O–H groups in total. The van der Waals surface area contributed by atoms with Crippen molar-refractivity contribution >= 4 is 38.7 Å². The summed E-state index contributed by atoms with van der Waals surface area (Å²) in [5.41, 5.74) is 0.556. The maximum Gasteiger partial charge on any atom is 0.182 e. The maximum absolute atomic E-state index is 14.7. The van der Waals surface area contributed by atoms with Crippen molar-refractivity contribution in [2.75, 3.05) is 5.32 Å². The van der Waals surface area contributed by atoms with Crippen molar-refractivity contribution in [2.45, 2.75) is 55.7 Å². The monoisotopic (exact) mass is 443 g/mol. The van der Waals surface area contributed by atoms with Crippen molar-refractivity contribution in [1.82, 2.24) is 0 Å². The molecule has 1 fully saturated rings. The molecule has 0 amide bonds. The Labute approximate surface area is 176 Å². The molecule has 0 aromatic heterocycles. The van der Waals surface area contributed by atoms with Crippen LogP contribution in [-0.2, 0) is 15.6 Å². The molecule has 152 valence electrons. The summed E-state index contributed by atoms with van der Waals surface area (Å²) in [4.78, 5) is 0.140. The van der Waals surface area contributed by atoms with Crippen molar-refractivity contribution in [3.63, 3.8) is 0 Å². The summed E-state index contributed by atoms with van der Waals surface area (Å²) < 4.78 is 39.9. The van der Waals surface area contributed by atoms with Crippen LogP contribution in [0.2, 0.25) is 10.0 Å². The van der Waals surface area contributed by atoms with Crippen molar-refractivity contribution in [3.8, 4) is 0 Å². The minimum atomic E-state index is -3.62. The summed E-state index contributed by atoms with van der Waals surface area (Å²) in [5, 5.41) is 3.86. The molecule has 0 spiro atoms. The lowest BCUT2D eigenvalue weighted by Crippen LogP contribution is -2.28. The number of benzene rings is 2. The molecular weight excluding hydrogens is 420 g/mol. The number of nitrogens with one attached hydrogen (secondary N) is 1. The van der Waals surface area contributed by atoms with Crippen LogP contribution in [0.3, 0.4) is 0 Å². The van der Waals surface area contributed by atoms with E-state index in [1.54, 1.807) is 0 Å². The van der Waals surface area contributed by atoms with E-state index in [4.69, 9.17) is 23.2 Å². The third-order valence-corrected chi connectivity index (χ3v) is 7.61. The second kappa shape index (κ2) is 9.02. The van der Waals surface area contributed by atoms with E-state index in [1.165, 1.54) is 55.7 Å². The Balaban J connectivity index is 1.76. The summed E-state index contributed by atoms with van der Waals surface area (Å²) >= 11 is 12.1. The van der Waals surface area contributed by atoms with E-state index in [1.807, 2.05) is 6.92 Å². The van der Waals surface area contributed by atoms with Gasteiger partial charge < -0.3 is 5.32 Å². The van der Waals surface area contributed by atoms with Gasteiger partial charge >= 0.3 is 0 Å². The molecule has 2 aromatic carbocycles. The van der Waals surface area contributed by atoms with Crippen LogP contribution in [0.5, 0.6) is 0 Å². The van der Waals surface area contributed by atoms with Gasteiger partial charge in [-0.2, -0.15) is 0 Å². The van der Waals surface area contributed by atoms with Crippen molar-refractivity contribution in [2.24, 2.45) is 5.92 Å². The van der Waals surface area contributed by atoms with Gasteiger partial charge in [-0.15, -0.1) is 0 Å². The fourth-order valence-corrected chi connectivity index (χ4v) is 5.51. The first-order valence-electron chi connectivity index (χ1n) is 9.49. The number of hydrogen-bond donors (Lipinski definition) is 1. The molecule has 28 heavy (non-hydrogen) atoms. The molecule has 0 aliphatic heterocycles. The first-order chi connectivity index (χ1) is 13.3. The van der Waals surface area contributed by atoms with E-state index in [9.17, 15) is 12.8 Å². The smallest absolute Gasteiger partial charge is 0.182 e. The Morgan fingerprint density at radius 1 is 1.11 bits per heavy atom. The van der Waals surface area contributed by atoms with Crippen molar-refractivity contribution < 1.29 is 12.8 Å². The Morgan fingerprint density at radius 2 is 1.75 bits per heavy atom. The van der Waals surface area contributed by atoms with E-state index in [0.29, 0.717) is 16.5 Å². The zero-order valence-electron chi connectivity index (χ0n) is 15.7. The number of hydrogen-bond acceptors (Lipinski definition) is 3. The SMILES string of the molecule is CC(Nc1c(F)cc(CS(=O)(=O)c2ccc(Cl)cc2)cc1Cl)C1CCCCC1. The second-order valence-electron chi connectivity index (χ2n) is 7.48. The highest BCUT2D eigenvalue weighted by Crippen LogP contribution is 2.33. The summed E-state index contributed by atoms with van der Waals surface area (Å²) in [5.74, 6) is -0.366. The van der Waals surface area contributed by atoms with Crippen molar-refractivity contribution in [1.29, 1.82) is 0 Å². The predicted molar refractivity (Wildman–Crippen MR) is 113 cm³/mol. The normalized spacial score (nSPS) is 16.7. The predicted octanol–water partition coefficient (Wildman–Crippen LogP) is 6.49. The average molecular weight is 444 g/mol. The standard InChI is InChI=1S/C21H24Cl2FNO2S/c1-14(16-5-3-2-4-6-16)25-21-19(23)11-15(12-20(21)24)13-28(26,27)18-9-7-17(22)8-10-18/h7-12,14,16,25H,2-6,13H2,1H3. The van der Waals surface area contributed by atoms with Gasteiger partial charge in [-0.25, -0.2) is 12.8 Å². The van der Waals surface area contributed by atoms with Gasteiger partial charge in [0.05, 0.1) is 21.4 Å². The first kappa shape index (κ1) is 21.4. The molecule has 1 unspecified atom stereocenters. The highest BCUT2D eigenvalue weighted by molar-refractivity contribution is 7.90. The third kappa shape index (κ3) is 5.19. The van der Waals surface area contributed by atoms with Crippen LogP contribution >= 0.6 is 23.2 Å². The number of anilines is 1. The molecule has 3 nitrogen and oxygen atoms in total. The van der Waals surface area contributed by atoms with Crippen LogP contribution in [0.4, 0.5) is 10.1 Å². The van der Waals surface area contributed by atoms with Gasteiger partial charge in [-0.05, 0) is 67.6 Å². The highest BCUT2D eigenvalue weighted by Gasteiger charge is 2.23. The zero-order chi connectivity index (χ0) is 20.3. The molecule has 1 atom stereocenters. The molecule has 7 heteroatoms. The van der Waals surface area contributed by atoms with Crippen LogP contribution in [0.15, 0.2) is 41.3 Å². The largest absolute Gasteiger partial charge is 0.379 e. The summed E-state index contributed by atoms with van der Waals surface area (Å²) in [6.45, 7) is 2.05. The fourth-order valence-electron chi connectivity index (χ4n) is 3.77. The number of sulfone groups is 1. The first-order valence-corrected chi connectivity index (χ1v) is 11.9. The Hall–Kier alpha value is -1.30. The molecule has 0 heterocycles. The molecule has 1 saturated carbocycles. The molecule has 2 aromatic rings. The van der Waals surface area contributed by atoms with Crippen LogP contribution in [0.1, 0.15) is 44.6 Å². The van der Waals surface area contributed by atoms with E-state index in [-0.39, 0.29) is 27.4 Å². The lowest BCUT2D eigenvalue weighted by Gasteiger charge is -2.29. The summed E-state index contributed by atoms with van der Waals surface area (Å²) in [6, 6.07) is 8.79. The van der Waals surface area contributed by atoms with Crippen LogP contribution in [-0.4, -0.2) is 14.5 Å². The molecular formula is C21H24Cl2FNO2S. The Kier molecular flexibility index (Phi) is 6.89. The summed E-state index contributed by atoms with van der Waals surface area (Å²) in [6.07, 6.45) is 5.92. The van der Waals surface area contributed by atoms with Crippen LogP contribution < -0.4 is 5.32 Å². The minimum absolute atomic E-state index is 0.107. The van der Waals surface area contributed by atoms with E-state index < -0.39 is 15.7 Å². The average Bonchev–Trinajstić information content (AvgIpc) is 2.65. The van der Waals surface area contributed by atoms with Gasteiger partial charge in [-0.3, -0.25) is 0 Å². The van der Waals surface area contributed by atoms with Crippen molar-refractivity contribution in [3.05, 3.63) is 57.8 Å². The third-order valence-electron chi connectivity index (χ3n) is 5.36. The molecule has 0 bridgehead atoms. The molecule has 0 radical (unpaired) electrons. The van der Waals surface area contributed by atoms with Gasteiger partial charge in [0.15, 0.2) is 9.84 Å². The summed E-state index contributed by atoms with van der Waals surface area (Å²) in [7, 11) is -3.62. The minimum Gasteiger partial charge on any atom is -0.379 e. The lowest BCUT2D eigenvalue weighted by molar-refractivity contribution is 0.328. The topological polar surface area (TPSA) is 46.2 Å². The van der Waals surface area contributed by atoms with E-state index in [2.05, 4.69) is 5.32 Å². The molecule has 1 aliphatic rings. The molecule has 3 rings (SSSR count). The fraction of sp³-hybridized carbons (Fsp3) is 0.429. The quantitative estimate of drug-likeness (QED) is 0.554. The van der Waals surface area contributed by atoms with Crippen LogP contribution in [0.25, 0.3) is 0 Å². The van der Waals surface area contributed by atoms with Gasteiger partial charge in [0, 0.05) is 11.1 Å². The number of rotatable bonds is 6. The van der Waals surface area contributed by atoms with E-state index >= 15 is 0 Å². The lowest BCUT2D eigenvalue weighted by atomic mass is 9.84.